The molecule has 0 atom stereocenters. The Morgan fingerprint density at radius 2 is 1.71 bits per heavy atom. The van der Waals surface area contributed by atoms with Crippen molar-refractivity contribution in [2.24, 2.45) is 0 Å². The number of hydrogen-bond acceptors (Lipinski definition) is 4. The number of nitrogens with zero attached hydrogens (tertiary/aromatic N) is 1. The molecule has 1 aromatic heterocycles. The molecule has 24 heavy (non-hydrogen) atoms. The van der Waals surface area contributed by atoms with Crippen LogP contribution in [0.15, 0.2) is 60.0 Å². The lowest BCUT2D eigenvalue weighted by atomic mass is 10.2. The minimum Gasteiger partial charge on any atom is -0.457 e. The lowest BCUT2D eigenvalue weighted by Gasteiger charge is -2.06. The molecule has 0 fully saturated rings. The summed E-state index contributed by atoms with van der Waals surface area (Å²) >= 11 is 1.44. The van der Waals surface area contributed by atoms with Crippen molar-refractivity contribution in [3.05, 3.63) is 71.2 Å². The molecule has 0 aliphatic carbocycles. The van der Waals surface area contributed by atoms with E-state index in [4.69, 9.17) is 4.74 Å². The first-order valence-electron chi connectivity index (χ1n) is 7.71. The summed E-state index contributed by atoms with van der Waals surface area (Å²) in [6, 6.07) is 16.6. The van der Waals surface area contributed by atoms with Crippen LogP contribution in [0, 0.1) is 0 Å². The minimum absolute atomic E-state index is 0.175. The number of ether oxygens (including phenoxy) is 1. The third-order valence-electron chi connectivity index (χ3n) is 3.43. The number of para-hydroxylation sites is 1. The van der Waals surface area contributed by atoms with E-state index in [1.54, 1.807) is 24.3 Å². The van der Waals surface area contributed by atoms with Gasteiger partial charge in [-0.25, -0.2) is 4.98 Å². The van der Waals surface area contributed by atoms with Gasteiger partial charge in [0, 0.05) is 10.9 Å². The van der Waals surface area contributed by atoms with E-state index in [1.807, 2.05) is 35.7 Å². The van der Waals surface area contributed by atoms with Gasteiger partial charge in [0.2, 0.25) is 0 Å². The van der Waals surface area contributed by atoms with E-state index < -0.39 is 0 Å². The van der Waals surface area contributed by atoms with Gasteiger partial charge in [0.25, 0.3) is 5.91 Å². The second-order valence-corrected chi connectivity index (χ2v) is 6.48. The van der Waals surface area contributed by atoms with Crippen LogP contribution in [0.5, 0.6) is 11.5 Å². The summed E-state index contributed by atoms with van der Waals surface area (Å²) in [6.45, 7) is 4.15. The van der Waals surface area contributed by atoms with Crippen LogP contribution in [0.3, 0.4) is 0 Å². The second-order valence-electron chi connectivity index (χ2n) is 5.63. The van der Waals surface area contributed by atoms with Gasteiger partial charge in [-0.1, -0.05) is 32.0 Å². The summed E-state index contributed by atoms with van der Waals surface area (Å²) in [7, 11) is 0. The van der Waals surface area contributed by atoms with Crippen molar-refractivity contribution in [2.75, 3.05) is 5.32 Å². The Balaban J connectivity index is 1.65. The first-order chi connectivity index (χ1) is 11.6. The number of benzene rings is 2. The molecule has 4 nitrogen and oxygen atoms in total. The van der Waals surface area contributed by atoms with E-state index >= 15 is 0 Å². The van der Waals surface area contributed by atoms with Crippen LogP contribution in [-0.2, 0) is 0 Å². The molecule has 5 heteroatoms. The Hall–Kier alpha value is -2.66. The van der Waals surface area contributed by atoms with Crippen LogP contribution in [0.4, 0.5) is 5.13 Å². The van der Waals surface area contributed by atoms with Crippen molar-refractivity contribution in [3.63, 3.8) is 0 Å². The van der Waals surface area contributed by atoms with Crippen molar-refractivity contribution < 1.29 is 9.53 Å². The molecule has 122 valence electrons. The molecule has 0 spiro atoms. The molecular formula is C19H18N2O2S. The molecular weight excluding hydrogens is 320 g/mol. The van der Waals surface area contributed by atoms with Crippen molar-refractivity contribution in [2.45, 2.75) is 19.8 Å². The highest BCUT2D eigenvalue weighted by Gasteiger charge is 2.10. The lowest BCUT2D eigenvalue weighted by molar-refractivity contribution is 0.102. The molecule has 0 unspecified atom stereocenters. The number of amides is 1. The maximum atomic E-state index is 12.3. The summed E-state index contributed by atoms with van der Waals surface area (Å²) in [6.07, 6.45) is 0. The van der Waals surface area contributed by atoms with Gasteiger partial charge in [0.1, 0.15) is 11.5 Å². The summed E-state index contributed by atoms with van der Waals surface area (Å²) in [5.41, 5.74) is 1.55. The van der Waals surface area contributed by atoms with Crippen LogP contribution in [0.2, 0.25) is 0 Å². The van der Waals surface area contributed by atoms with Crippen molar-refractivity contribution in [3.8, 4) is 11.5 Å². The van der Waals surface area contributed by atoms with E-state index in [0.29, 0.717) is 22.4 Å². The van der Waals surface area contributed by atoms with E-state index in [0.717, 1.165) is 11.4 Å². The van der Waals surface area contributed by atoms with Gasteiger partial charge >= 0.3 is 0 Å². The average molecular weight is 338 g/mol. The normalized spacial score (nSPS) is 10.6. The smallest absolute Gasteiger partial charge is 0.257 e. The molecule has 0 radical (unpaired) electrons. The van der Waals surface area contributed by atoms with Gasteiger partial charge < -0.3 is 4.74 Å². The number of nitrogens with one attached hydrogen (secondary N) is 1. The zero-order chi connectivity index (χ0) is 16.9. The second kappa shape index (κ2) is 7.27. The predicted octanol–water partition coefficient (Wildman–Crippen LogP) is 5.31. The highest BCUT2D eigenvalue weighted by molar-refractivity contribution is 7.14. The number of carbonyl (C=O) groups excluding carboxylic acids is 1. The molecule has 1 amide bonds. The molecule has 0 aliphatic rings. The van der Waals surface area contributed by atoms with Crippen molar-refractivity contribution in [1.82, 2.24) is 4.98 Å². The van der Waals surface area contributed by atoms with Crippen LogP contribution >= 0.6 is 11.3 Å². The largest absolute Gasteiger partial charge is 0.457 e. The number of anilines is 1. The van der Waals surface area contributed by atoms with Gasteiger partial charge in [-0.2, -0.15) is 0 Å². The van der Waals surface area contributed by atoms with Crippen molar-refractivity contribution in [1.29, 1.82) is 0 Å². The SMILES string of the molecule is CC(C)c1csc(NC(=O)c2ccc(Oc3ccccc3)cc2)n1. The number of rotatable bonds is 5. The zero-order valence-corrected chi connectivity index (χ0v) is 14.3. The number of carbonyl (C=O) groups is 1. The number of aromatic nitrogens is 1. The predicted molar refractivity (Wildman–Crippen MR) is 97.1 cm³/mol. The topological polar surface area (TPSA) is 51.2 Å². The highest BCUT2D eigenvalue weighted by Crippen LogP contribution is 2.23. The number of hydrogen-bond donors (Lipinski definition) is 1. The third kappa shape index (κ3) is 4.00. The molecule has 0 aliphatic heterocycles. The Morgan fingerprint density at radius 3 is 2.33 bits per heavy atom. The van der Waals surface area contributed by atoms with Crippen LogP contribution in [0.25, 0.3) is 0 Å². The summed E-state index contributed by atoms with van der Waals surface area (Å²) in [4.78, 5) is 16.7. The summed E-state index contributed by atoms with van der Waals surface area (Å²) in [5.74, 6) is 1.63. The van der Waals surface area contributed by atoms with E-state index in [1.165, 1.54) is 11.3 Å². The Kier molecular flexibility index (Phi) is 4.91. The lowest BCUT2D eigenvalue weighted by Crippen LogP contribution is -2.11. The van der Waals surface area contributed by atoms with Gasteiger partial charge in [-0.3, -0.25) is 10.1 Å². The molecule has 0 saturated carbocycles. The summed E-state index contributed by atoms with van der Waals surface area (Å²) < 4.78 is 5.72. The first kappa shape index (κ1) is 16.2. The minimum atomic E-state index is -0.175. The maximum absolute atomic E-state index is 12.3. The molecule has 1 N–H and O–H groups in total. The fraction of sp³-hybridized carbons (Fsp3) is 0.158. The Morgan fingerprint density at radius 1 is 1.04 bits per heavy atom. The van der Waals surface area contributed by atoms with Gasteiger partial charge in [-0.05, 0) is 42.3 Å². The molecule has 1 heterocycles. The zero-order valence-electron chi connectivity index (χ0n) is 13.5. The molecule has 0 saturated heterocycles. The van der Waals surface area contributed by atoms with Crippen molar-refractivity contribution >= 4 is 22.4 Å². The highest BCUT2D eigenvalue weighted by atomic mass is 32.1. The van der Waals surface area contributed by atoms with Gasteiger partial charge in [0.05, 0.1) is 5.69 Å². The number of thiazole rings is 1. The average Bonchev–Trinajstić information content (AvgIpc) is 3.05. The molecule has 3 aromatic rings. The quantitative estimate of drug-likeness (QED) is 0.686. The Bertz CT molecular complexity index is 811. The molecule has 0 bridgehead atoms. The monoisotopic (exact) mass is 338 g/mol. The van der Waals surface area contributed by atoms with E-state index in [-0.39, 0.29) is 5.91 Å². The summed E-state index contributed by atoms with van der Waals surface area (Å²) in [5, 5.41) is 5.42. The van der Waals surface area contributed by atoms with Gasteiger partial charge in [-0.15, -0.1) is 11.3 Å². The fourth-order valence-electron chi connectivity index (χ4n) is 2.08. The van der Waals surface area contributed by atoms with Gasteiger partial charge in [0.15, 0.2) is 5.13 Å². The van der Waals surface area contributed by atoms with Crippen LogP contribution in [-0.4, -0.2) is 10.9 Å². The Labute approximate surface area is 145 Å². The first-order valence-corrected chi connectivity index (χ1v) is 8.59. The van der Waals surface area contributed by atoms with E-state index in [9.17, 15) is 4.79 Å². The third-order valence-corrected chi connectivity index (χ3v) is 4.21. The molecule has 2 aromatic carbocycles. The molecule has 3 rings (SSSR count). The van der Waals surface area contributed by atoms with E-state index in [2.05, 4.69) is 24.1 Å². The van der Waals surface area contributed by atoms with Crippen LogP contribution < -0.4 is 10.1 Å². The standard InChI is InChI=1S/C19H18N2O2S/c1-13(2)17-12-24-19(20-17)21-18(22)14-8-10-16(11-9-14)23-15-6-4-3-5-7-15/h3-13H,1-2H3,(H,20,21,22). The fourth-order valence-corrected chi connectivity index (χ4v) is 2.94. The van der Waals surface area contributed by atoms with Crippen LogP contribution in [0.1, 0.15) is 35.8 Å². The maximum Gasteiger partial charge on any atom is 0.257 e.